The lowest BCUT2D eigenvalue weighted by atomic mass is 10.1. The first-order chi connectivity index (χ1) is 10.0. The second kappa shape index (κ2) is 6.38. The molecule has 2 rings (SSSR count). The smallest absolute Gasteiger partial charge is 0.202 e. The molecule has 0 saturated heterocycles. The van der Waals surface area contributed by atoms with E-state index in [4.69, 9.17) is 21.6 Å². The Balaban J connectivity index is 2.14. The van der Waals surface area contributed by atoms with Crippen molar-refractivity contribution in [2.45, 2.75) is 13.0 Å². The average molecular weight is 304 g/mol. The van der Waals surface area contributed by atoms with Crippen molar-refractivity contribution in [1.82, 2.24) is 0 Å². The predicted molar refractivity (Wildman–Crippen MR) is 77.0 cm³/mol. The molecule has 2 aromatic rings. The van der Waals surface area contributed by atoms with Gasteiger partial charge in [0, 0.05) is 5.56 Å². The minimum atomic E-state index is -0.777. The number of ether oxygens (including phenoxy) is 1. The zero-order chi connectivity index (χ0) is 15.4. The van der Waals surface area contributed by atoms with E-state index >= 15 is 0 Å². The van der Waals surface area contributed by atoms with Gasteiger partial charge in [-0.15, -0.1) is 0 Å². The summed E-state index contributed by atoms with van der Waals surface area (Å²) in [7, 11) is 0. The molecule has 0 amide bonds. The number of carbonyl (C=O) groups is 1. The van der Waals surface area contributed by atoms with Gasteiger partial charge in [0.2, 0.25) is 5.78 Å². The molecule has 0 aliphatic carbocycles. The van der Waals surface area contributed by atoms with Gasteiger partial charge in [-0.25, -0.2) is 4.39 Å². The predicted octanol–water partition coefficient (Wildman–Crippen LogP) is 4.00. The molecule has 0 aliphatic heterocycles. The van der Waals surface area contributed by atoms with E-state index in [-0.39, 0.29) is 10.8 Å². The SMILES string of the molecule is C[C@H](Oc1ccc(C#N)cc1Cl)C(=O)c1ccc(F)cc1. The number of rotatable bonds is 4. The average Bonchev–Trinajstić information content (AvgIpc) is 2.49. The van der Waals surface area contributed by atoms with Crippen LogP contribution in [0.5, 0.6) is 5.75 Å². The lowest BCUT2D eigenvalue weighted by Gasteiger charge is -2.15. The Hall–Kier alpha value is -2.38. The lowest BCUT2D eigenvalue weighted by Crippen LogP contribution is -2.24. The molecule has 2 aromatic carbocycles. The summed E-state index contributed by atoms with van der Waals surface area (Å²) in [6, 6.07) is 11.7. The number of hydrogen-bond acceptors (Lipinski definition) is 3. The minimum Gasteiger partial charge on any atom is -0.481 e. The van der Waals surface area contributed by atoms with Gasteiger partial charge < -0.3 is 4.74 Å². The molecular formula is C16H11ClFNO2. The van der Waals surface area contributed by atoms with Gasteiger partial charge in [0.25, 0.3) is 0 Å². The minimum absolute atomic E-state index is 0.257. The van der Waals surface area contributed by atoms with Crippen molar-refractivity contribution < 1.29 is 13.9 Å². The van der Waals surface area contributed by atoms with E-state index < -0.39 is 11.9 Å². The number of Topliss-reactive ketones (excluding diaryl/α,β-unsaturated/α-hetero) is 1. The fourth-order valence-corrected chi connectivity index (χ4v) is 1.98. The maximum atomic E-state index is 12.8. The molecule has 0 unspecified atom stereocenters. The number of carbonyl (C=O) groups excluding carboxylic acids is 1. The van der Waals surface area contributed by atoms with E-state index in [1.54, 1.807) is 13.0 Å². The van der Waals surface area contributed by atoms with Crippen molar-refractivity contribution >= 4 is 17.4 Å². The number of nitrogens with zero attached hydrogens (tertiary/aromatic N) is 1. The third-order valence-corrected chi connectivity index (χ3v) is 3.16. The Morgan fingerprint density at radius 2 is 1.95 bits per heavy atom. The van der Waals surface area contributed by atoms with E-state index in [1.165, 1.54) is 36.4 Å². The molecule has 5 heteroatoms. The number of ketones is 1. The molecule has 21 heavy (non-hydrogen) atoms. The van der Waals surface area contributed by atoms with E-state index in [1.807, 2.05) is 6.07 Å². The summed E-state index contributed by atoms with van der Waals surface area (Å²) in [5, 5.41) is 9.02. The maximum absolute atomic E-state index is 12.8. The van der Waals surface area contributed by atoms with Crippen LogP contribution in [0.25, 0.3) is 0 Å². The summed E-state index contributed by atoms with van der Waals surface area (Å²) in [6.45, 7) is 1.58. The van der Waals surface area contributed by atoms with Gasteiger partial charge in [-0.3, -0.25) is 4.79 Å². The van der Waals surface area contributed by atoms with E-state index in [9.17, 15) is 9.18 Å². The number of halogens is 2. The monoisotopic (exact) mass is 303 g/mol. The molecule has 1 atom stereocenters. The van der Waals surface area contributed by atoms with Crippen molar-refractivity contribution in [2.24, 2.45) is 0 Å². The number of benzene rings is 2. The molecular weight excluding hydrogens is 293 g/mol. The van der Waals surface area contributed by atoms with Crippen LogP contribution in [-0.2, 0) is 0 Å². The van der Waals surface area contributed by atoms with Crippen molar-refractivity contribution in [3.05, 3.63) is 64.4 Å². The molecule has 0 N–H and O–H groups in total. The molecule has 0 spiro atoms. The summed E-state index contributed by atoms with van der Waals surface area (Å²) < 4.78 is 18.3. The Morgan fingerprint density at radius 3 is 2.52 bits per heavy atom. The zero-order valence-corrected chi connectivity index (χ0v) is 11.9. The first kappa shape index (κ1) is 15.0. The van der Waals surface area contributed by atoms with Crippen molar-refractivity contribution in [3.8, 4) is 11.8 Å². The molecule has 0 bridgehead atoms. The third kappa shape index (κ3) is 3.59. The fraction of sp³-hybridized carbons (Fsp3) is 0.125. The van der Waals surface area contributed by atoms with E-state index in [0.717, 1.165) is 0 Å². The normalized spacial score (nSPS) is 11.5. The van der Waals surface area contributed by atoms with Gasteiger partial charge in [-0.1, -0.05) is 11.6 Å². The van der Waals surface area contributed by atoms with Crippen LogP contribution in [0.15, 0.2) is 42.5 Å². The lowest BCUT2D eigenvalue weighted by molar-refractivity contribution is 0.0818. The van der Waals surface area contributed by atoms with Crippen LogP contribution in [0.3, 0.4) is 0 Å². The summed E-state index contributed by atoms with van der Waals surface area (Å²) in [6.07, 6.45) is -0.777. The highest BCUT2D eigenvalue weighted by Crippen LogP contribution is 2.26. The van der Waals surface area contributed by atoms with Gasteiger partial charge >= 0.3 is 0 Å². The second-order valence-corrected chi connectivity index (χ2v) is 4.80. The van der Waals surface area contributed by atoms with Gasteiger partial charge in [0.05, 0.1) is 16.7 Å². The number of nitriles is 1. The van der Waals surface area contributed by atoms with Gasteiger partial charge in [-0.2, -0.15) is 5.26 Å². The van der Waals surface area contributed by atoms with E-state index in [0.29, 0.717) is 16.9 Å². The van der Waals surface area contributed by atoms with Gasteiger partial charge in [0.1, 0.15) is 11.6 Å². The topological polar surface area (TPSA) is 50.1 Å². The van der Waals surface area contributed by atoms with Crippen LogP contribution in [0.2, 0.25) is 5.02 Å². The largest absolute Gasteiger partial charge is 0.481 e. The van der Waals surface area contributed by atoms with Crippen LogP contribution in [0.4, 0.5) is 4.39 Å². The molecule has 0 saturated carbocycles. The standard InChI is InChI=1S/C16H11ClFNO2/c1-10(16(20)12-3-5-13(18)6-4-12)21-15-7-2-11(9-19)8-14(15)17/h2-8,10H,1H3/t10-/m0/s1. The van der Waals surface area contributed by atoms with Crippen LogP contribution in [0, 0.1) is 17.1 Å². The highest BCUT2D eigenvalue weighted by atomic mass is 35.5. The molecule has 0 radical (unpaired) electrons. The summed E-state index contributed by atoms with van der Waals surface area (Å²) in [5.41, 5.74) is 0.763. The van der Waals surface area contributed by atoms with Crippen molar-refractivity contribution in [1.29, 1.82) is 5.26 Å². The Bertz CT molecular complexity index is 707. The molecule has 106 valence electrons. The van der Waals surface area contributed by atoms with Crippen LogP contribution in [0.1, 0.15) is 22.8 Å². The Kier molecular flexibility index (Phi) is 4.56. The molecule has 0 heterocycles. The van der Waals surface area contributed by atoms with Crippen molar-refractivity contribution in [3.63, 3.8) is 0 Å². The van der Waals surface area contributed by atoms with Gasteiger partial charge in [0.15, 0.2) is 6.10 Å². The van der Waals surface area contributed by atoms with Crippen LogP contribution >= 0.6 is 11.6 Å². The third-order valence-electron chi connectivity index (χ3n) is 2.86. The van der Waals surface area contributed by atoms with Crippen molar-refractivity contribution in [2.75, 3.05) is 0 Å². The van der Waals surface area contributed by atoms with Gasteiger partial charge in [-0.05, 0) is 49.4 Å². The molecule has 0 fully saturated rings. The summed E-state index contributed by atoms with van der Waals surface area (Å²) in [4.78, 5) is 12.2. The summed E-state index contributed by atoms with van der Waals surface area (Å²) in [5.74, 6) is -0.371. The second-order valence-electron chi connectivity index (χ2n) is 4.39. The maximum Gasteiger partial charge on any atom is 0.202 e. The zero-order valence-electron chi connectivity index (χ0n) is 11.1. The van der Waals surface area contributed by atoms with Crippen LogP contribution in [-0.4, -0.2) is 11.9 Å². The number of hydrogen-bond donors (Lipinski definition) is 0. The first-order valence-electron chi connectivity index (χ1n) is 6.17. The van der Waals surface area contributed by atoms with Crippen LogP contribution < -0.4 is 4.74 Å². The molecule has 0 aromatic heterocycles. The Labute approximate surface area is 126 Å². The quantitative estimate of drug-likeness (QED) is 0.802. The highest BCUT2D eigenvalue weighted by Gasteiger charge is 2.18. The van der Waals surface area contributed by atoms with E-state index in [2.05, 4.69) is 0 Å². The highest BCUT2D eigenvalue weighted by molar-refractivity contribution is 6.32. The fourth-order valence-electron chi connectivity index (χ4n) is 1.76. The molecule has 3 nitrogen and oxygen atoms in total. The first-order valence-corrected chi connectivity index (χ1v) is 6.55. The molecule has 0 aliphatic rings. The Morgan fingerprint density at radius 1 is 1.29 bits per heavy atom. The summed E-state index contributed by atoms with van der Waals surface area (Å²) >= 11 is 5.99.